The maximum Gasteiger partial charge on any atom is 0.257 e. The fourth-order valence-electron chi connectivity index (χ4n) is 4.51. The molecule has 0 bridgehead atoms. The Balaban J connectivity index is 1.52. The van der Waals surface area contributed by atoms with Crippen molar-refractivity contribution in [1.82, 2.24) is 20.3 Å². The van der Waals surface area contributed by atoms with Crippen molar-refractivity contribution in [3.63, 3.8) is 0 Å². The second-order valence-corrected chi connectivity index (χ2v) is 9.69. The zero-order valence-electron chi connectivity index (χ0n) is 19.0. The molecular weight excluding hydrogens is 467 g/mol. The number of rotatable bonds is 5. The number of amidine groups is 1. The average molecular weight is 491 g/mol. The summed E-state index contributed by atoms with van der Waals surface area (Å²) in [6.45, 7) is 2.56. The maximum absolute atomic E-state index is 13.4. The molecule has 1 N–H and O–H groups in total. The summed E-state index contributed by atoms with van der Waals surface area (Å²) in [5.41, 5.74) is 1.34. The highest BCUT2D eigenvalue weighted by atomic mass is 32.2. The van der Waals surface area contributed by atoms with Gasteiger partial charge in [0, 0.05) is 36.4 Å². The molecule has 1 saturated heterocycles. The SMILES string of the molecule is CC(=O)Cc1ccnc([C@]23CN(c4ncc(F)cn4)C[C@H]2CSC(NC(=O)c2ccccc2)=N3)c1. The van der Waals surface area contributed by atoms with E-state index in [2.05, 4.69) is 20.3 Å². The minimum Gasteiger partial charge on any atom is -0.338 e. The Morgan fingerprint density at radius 3 is 2.69 bits per heavy atom. The summed E-state index contributed by atoms with van der Waals surface area (Å²) in [6.07, 6.45) is 4.28. The van der Waals surface area contributed by atoms with Gasteiger partial charge in [-0.2, -0.15) is 0 Å². The second kappa shape index (κ2) is 9.53. The number of pyridine rings is 1. The zero-order valence-corrected chi connectivity index (χ0v) is 19.8. The first kappa shape index (κ1) is 23.1. The van der Waals surface area contributed by atoms with Crippen LogP contribution in [0.25, 0.3) is 0 Å². The average Bonchev–Trinajstić information content (AvgIpc) is 3.25. The summed E-state index contributed by atoms with van der Waals surface area (Å²) >= 11 is 1.48. The Bertz CT molecular complexity index is 1290. The molecule has 2 aliphatic heterocycles. The smallest absolute Gasteiger partial charge is 0.257 e. The van der Waals surface area contributed by atoms with Gasteiger partial charge >= 0.3 is 0 Å². The lowest BCUT2D eigenvalue weighted by Crippen LogP contribution is -2.43. The van der Waals surface area contributed by atoms with Gasteiger partial charge in [-0.3, -0.25) is 14.6 Å². The van der Waals surface area contributed by atoms with Crippen molar-refractivity contribution >= 4 is 34.6 Å². The molecule has 8 nitrogen and oxygen atoms in total. The van der Waals surface area contributed by atoms with Gasteiger partial charge < -0.3 is 10.2 Å². The molecule has 0 radical (unpaired) electrons. The maximum atomic E-state index is 13.4. The molecule has 2 atom stereocenters. The standard InChI is InChI=1S/C25H23FN6O2S/c1-16(33)9-17-7-8-27-21(10-17)25-15-32(23-28-11-20(26)12-29-23)13-19(25)14-35-24(31-25)30-22(34)18-5-3-2-4-6-18/h2-8,10-12,19H,9,13-15H2,1H3,(H,30,31,34)/t19-,25-/m0/s1. The number of halogens is 1. The van der Waals surface area contributed by atoms with Crippen molar-refractivity contribution in [1.29, 1.82) is 0 Å². The predicted molar refractivity (Wildman–Crippen MR) is 132 cm³/mol. The number of aliphatic imine (C=N–C) groups is 1. The number of Topliss-reactive ketones (excluding diaryl/α,β-unsaturated/α-hetero) is 1. The Kier molecular flexibility index (Phi) is 6.29. The van der Waals surface area contributed by atoms with Crippen LogP contribution in [0.15, 0.2) is 66.0 Å². The number of aromatic nitrogens is 3. The summed E-state index contributed by atoms with van der Waals surface area (Å²) in [6, 6.07) is 12.7. The molecule has 1 fully saturated rings. The Morgan fingerprint density at radius 1 is 1.17 bits per heavy atom. The monoisotopic (exact) mass is 490 g/mol. The molecule has 35 heavy (non-hydrogen) atoms. The number of ketones is 1. The topological polar surface area (TPSA) is 100 Å². The number of benzene rings is 1. The van der Waals surface area contributed by atoms with E-state index < -0.39 is 11.4 Å². The number of carbonyl (C=O) groups is 2. The van der Waals surface area contributed by atoms with Crippen LogP contribution in [-0.2, 0) is 16.8 Å². The number of anilines is 1. The molecular formula is C25H23FN6O2S. The summed E-state index contributed by atoms with van der Waals surface area (Å²) in [7, 11) is 0. The largest absolute Gasteiger partial charge is 0.338 e. The van der Waals surface area contributed by atoms with E-state index in [1.807, 2.05) is 35.2 Å². The quantitative estimate of drug-likeness (QED) is 0.587. The van der Waals surface area contributed by atoms with Crippen LogP contribution < -0.4 is 10.2 Å². The number of thioether (sulfide) groups is 1. The van der Waals surface area contributed by atoms with Gasteiger partial charge in [-0.15, -0.1) is 0 Å². The molecule has 2 aromatic heterocycles. The fourth-order valence-corrected chi connectivity index (χ4v) is 5.64. The lowest BCUT2D eigenvalue weighted by Gasteiger charge is -2.34. The molecule has 5 rings (SSSR count). The molecule has 0 spiro atoms. The van der Waals surface area contributed by atoms with Crippen LogP contribution in [0.1, 0.15) is 28.5 Å². The van der Waals surface area contributed by atoms with Crippen LogP contribution >= 0.6 is 11.8 Å². The Labute approximate surface area is 206 Å². The second-order valence-electron chi connectivity index (χ2n) is 8.68. The number of nitrogens with zero attached hydrogens (tertiary/aromatic N) is 5. The molecule has 178 valence electrons. The van der Waals surface area contributed by atoms with Crippen LogP contribution in [0.4, 0.5) is 10.3 Å². The van der Waals surface area contributed by atoms with Crippen LogP contribution in [0.2, 0.25) is 0 Å². The van der Waals surface area contributed by atoms with Gasteiger partial charge in [0.15, 0.2) is 11.0 Å². The molecule has 1 aromatic carbocycles. The summed E-state index contributed by atoms with van der Waals surface area (Å²) in [5.74, 6) is 0.458. The molecule has 0 saturated carbocycles. The number of nitrogens with one attached hydrogen (secondary N) is 1. The van der Waals surface area contributed by atoms with Gasteiger partial charge in [0.25, 0.3) is 5.91 Å². The van der Waals surface area contributed by atoms with Crippen molar-refractivity contribution in [2.75, 3.05) is 23.7 Å². The first-order chi connectivity index (χ1) is 16.9. The number of hydrogen-bond acceptors (Lipinski definition) is 8. The van der Waals surface area contributed by atoms with Gasteiger partial charge in [-0.25, -0.2) is 19.4 Å². The van der Waals surface area contributed by atoms with Gasteiger partial charge in [0.05, 0.1) is 24.6 Å². The number of hydrogen-bond donors (Lipinski definition) is 1. The van der Waals surface area contributed by atoms with Crippen LogP contribution in [0, 0.1) is 11.7 Å². The number of carbonyl (C=O) groups excluding carboxylic acids is 2. The minimum absolute atomic E-state index is 0.0404. The van der Waals surface area contributed by atoms with Crippen molar-refractivity contribution < 1.29 is 14.0 Å². The number of fused-ring (bicyclic) bond motifs is 1. The van der Waals surface area contributed by atoms with E-state index in [-0.39, 0.29) is 17.6 Å². The van der Waals surface area contributed by atoms with Crippen molar-refractivity contribution in [3.05, 3.63) is 83.7 Å². The van der Waals surface area contributed by atoms with Gasteiger partial charge in [0.1, 0.15) is 11.3 Å². The molecule has 2 aliphatic rings. The van der Waals surface area contributed by atoms with E-state index >= 15 is 0 Å². The third kappa shape index (κ3) is 4.79. The van der Waals surface area contributed by atoms with Gasteiger partial charge in [0.2, 0.25) is 5.95 Å². The van der Waals surface area contributed by atoms with Gasteiger partial charge in [-0.1, -0.05) is 30.0 Å². The highest BCUT2D eigenvalue weighted by Gasteiger charge is 2.52. The lowest BCUT2D eigenvalue weighted by molar-refractivity contribution is -0.116. The lowest BCUT2D eigenvalue weighted by atomic mass is 9.84. The normalized spacial score (nSPS) is 21.3. The third-order valence-electron chi connectivity index (χ3n) is 6.14. The van der Waals surface area contributed by atoms with Crippen molar-refractivity contribution in [3.8, 4) is 0 Å². The van der Waals surface area contributed by atoms with Crippen LogP contribution in [0.3, 0.4) is 0 Å². The van der Waals surface area contributed by atoms with Gasteiger partial charge in [-0.05, 0) is 36.8 Å². The van der Waals surface area contributed by atoms with E-state index in [0.717, 1.165) is 23.7 Å². The van der Waals surface area contributed by atoms with Crippen molar-refractivity contribution in [2.24, 2.45) is 10.9 Å². The molecule has 4 heterocycles. The number of amides is 1. The van der Waals surface area contributed by atoms with E-state index in [9.17, 15) is 14.0 Å². The minimum atomic E-state index is -0.783. The highest BCUT2D eigenvalue weighted by molar-refractivity contribution is 8.13. The highest BCUT2D eigenvalue weighted by Crippen LogP contribution is 2.45. The van der Waals surface area contributed by atoms with E-state index in [0.29, 0.717) is 41.9 Å². The molecule has 0 aliphatic carbocycles. The van der Waals surface area contributed by atoms with Crippen LogP contribution in [0.5, 0.6) is 0 Å². The fraction of sp³-hybridized carbons (Fsp3) is 0.280. The summed E-state index contributed by atoms with van der Waals surface area (Å²) < 4.78 is 13.4. The molecule has 0 unspecified atom stereocenters. The molecule has 1 amide bonds. The third-order valence-corrected chi connectivity index (χ3v) is 7.17. The Morgan fingerprint density at radius 2 is 1.94 bits per heavy atom. The van der Waals surface area contributed by atoms with E-state index in [1.54, 1.807) is 25.3 Å². The Hall–Kier alpha value is -3.66. The molecule has 3 aromatic rings. The predicted octanol–water partition coefficient (Wildman–Crippen LogP) is 3.01. The van der Waals surface area contributed by atoms with Crippen molar-refractivity contribution in [2.45, 2.75) is 18.9 Å². The zero-order chi connectivity index (χ0) is 24.4. The summed E-state index contributed by atoms with van der Waals surface area (Å²) in [5, 5.41) is 3.45. The van der Waals surface area contributed by atoms with Crippen LogP contribution in [-0.4, -0.2) is 50.7 Å². The van der Waals surface area contributed by atoms with E-state index in [4.69, 9.17) is 4.99 Å². The first-order valence-electron chi connectivity index (χ1n) is 11.2. The first-order valence-corrected chi connectivity index (χ1v) is 12.2. The summed E-state index contributed by atoms with van der Waals surface area (Å²) in [4.78, 5) is 44.5. The van der Waals surface area contributed by atoms with E-state index in [1.165, 1.54) is 11.8 Å². The molecule has 10 heteroatoms.